The molecule has 3 aromatic rings. The number of nitrogens with zero attached hydrogens (tertiary/aromatic N) is 5. The summed E-state index contributed by atoms with van der Waals surface area (Å²) in [6, 6.07) is 13.8. The molecule has 39 heavy (non-hydrogen) atoms. The maximum absolute atomic E-state index is 14.4. The van der Waals surface area contributed by atoms with E-state index in [2.05, 4.69) is 4.98 Å². The molecule has 10 nitrogen and oxygen atoms in total. The van der Waals surface area contributed by atoms with Crippen LogP contribution in [0.2, 0.25) is 0 Å². The summed E-state index contributed by atoms with van der Waals surface area (Å²) in [6.45, 7) is 1.49. The van der Waals surface area contributed by atoms with Gasteiger partial charge in [-0.25, -0.2) is 16.8 Å². The van der Waals surface area contributed by atoms with Gasteiger partial charge in [-0.1, -0.05) is 12.1 Å². The van der Waals surface area contributed by atoms with E-state index in [0.717, 1.165) is 16.8 Å². The summed E-state index contributed by atoms with van der Waals surface area (Å²) in [6.07, 6.45) is 9.91. The van der Waals surface area contributed by atoms with Crippen LogP contribution in [0.3, 0.4) is 0 Å². The molecular formula is C27H31N5O5S2. The van der Waals surface area contributed by atoms with Crippen molar-refractivity contribution in [2.24, 2.45) is 0 Å². The highest BCUT2D eigenvalue weighted by atomic mass is 32.2. The minimum Gasteiger partial charge on any atom is -0.329 e. The van der Waals surface area contributed by atoms with Crippen LogP contribution in [-0.4, -0.2) is 90.6 Å². The summed E-state index contributed by atoms with van der Waals surface area (Å²) in [5.41, 5.74) is 2.53. The standard InChI is InChI=1S/C27H31N5O5S2/c1-38(34,35)31-17-15-30(16-18-31)26(23-4-6-24(7-5-23)29-13-2-3-14-29)27(33)32(20-22-8-11-28-12-9-22)25-10-19-39(36,37)21-25/h2-14,19,25-26H,15-18,20-21H2,1H3. The van der Waals surface area contributed by atoms with Gasteiger partial charge in [0.25, 0.3) is 0 Å². The van der Waals surface area contributed by atoms with Gasteiger partial charge in [0, 0.05) is 68.6 Å². The Balaban J connectivity index is 1.50. The molecule has 4 heterocycles. The second-order valence-corrected chi connectivity index (χ2v) is 13.7. The third-order valence-corrected chi connectivity index (χ3v) is 9.83. The second kappa shape index (κ2) is 11.0. The molecule has 0 N–H and O–H groups in total. The number of pyridine rings is 1. The predicted molar refractivity (Wildman–Crippen MR) is 148 cm³/mol. The van der Waals surface area contributed by atoms with Crippen LogP contribution in [0.5, 0.6) is 0 Å². The van der Waals surface area contributed by atoms with E-state index in [-0.39, 0.29) is 31.3 Å². The number of sulfone groups is 1. The van der Waals surface area contributed by atoms with Crippen molar-refractivity contribution in [1.82, 2.24) is 23.7 Å². The Bertz CT molecular complexity index is 1530. The minimum atomic E-state index is -3.41. The lowest BCUT2D eigenvalue weighted by Gasteiger charge is -2.40. The van der Waals surface area contributed by atoms with E-state index in [1.807, 2.05) is 58.3 Å². The molecule has 2 aliphatic heterocycles. The monoisotopic (exact) mass is 569 g/mol. The van der Waals surface area contributed by atoms with Crippen LogP contribution in [0, 0.1) is 0 Å². The fraction of sp³-hybridized carbons (Fsp3) is 0.333. The number of carbonyl (C=O) groups is 1. The lowest BCUT2D eigenvalue weighted by atomic mass is 10.0. The maximum Gasteiger partial charge on any atom is 0.245 e. The highest BCUT2D eigenvalue weighted by Crippen LogP contribution is 2.29. The molecule has 2 unspecified atom stereocenters. The van der Waals surface area contributed by atoms with Gasteiger partial charge in [0.15, 0.2) is 9.84 Å². The van der Waals surface area contributed by atoms with Crippen LogP contribution < -0.4 is 0 Å². The number of piperazine rings is 1. The number of amides is 1. The molecule has 206 valence electrons. The van der Waals surface area contributed by atoms with Gasteiger partial charge in [-0.2, -0.15) is 4.31 Å². The molecular weight excluding hydrogens is 538 g/mol. The van der Waals surface area contributed by atoms with Gasteiger partial charge in [-0.05, 0) is 53.6 Å². The van der Waals surface area contributed by atoms with E-state index in [1.165, 1.54) is 16.0 Å². The van der Waals surface area contributed by atoms with E-state index in [9.17, 15) is 21.6 Å². The second-order valence-electron chi connectivity index (χ2n) is 9.83. The van der Waals surface area contributed by atoms with Crippen LogP contribution in [0.1, 0.15) is 17.2 Å². The Morgan fingerprint density at radius 1 is 1.03 bits per heavy atom. The number of sulfonamides is 1. The predicted octanol–water partition coefficient (Wildman–Crippen LogP) is 1.83. The topological polar surface area (TPSA) is 113 Å². The SMILES string of the molecule is CS(=O)(=O)N1CCN(C(C(=O)N(Cc2ccncc2)C2C=CS(=O)(=O)C2)c2ccc(-n3cccc3)cc2)CC1. The van der Waals surface area contributed by atoms with Gasteiger partial charge >= 0.3 is 0 Å². The number of aromatic nitrogens is 2. The van der Waals surface area contributed by atoms with Gasteiger partial charge < -0.3 is 9.47 Å². The fourth-order valence-electron chi connectivity index (χ4n) is 5.09. The van der Waals surface area contributed by atoms with Crippen LogP contribution in [0.15, 0.2) is 84.8 Å². The van der Waals surface area contributed by atoms with Crippen LogP contribution in [0.4, 0.5) is 0 Å². The first-order valence-electron chi connectivity index (χ1n) is 12.6. The van der Waals surface area contributed by atoms with Crippen molar-refractivity contribution < 1.29 is 21.6 Å². The third-order valence-electron chi connectivity index (χ3n) is 7.15. The first-order valence-corrected chi connectivity index (χ1v) is 16.2. The van der Waals surface area contributed by atoms with E-state index < -0.39 is 31.9 Å². The zero-order chi connectivity index (χ0) is 27.6. The Hall–Kier alpha value is -3.32. The molecule has 2 aliphatic rings. The molecule has 1 amide bonds. The average molecular weight is 570 g/mol. The van der Waals surface area contributed by atoms with Crippen LogP contribution >= 0.6 is 0 Å². The zero-order valence-electron chi connectivity index (χ0n) is 21.6. The molecule has 0 radical (unpaired) electrons. The van der Waals surface area contributed by atoms with Crippen molar-refractivity contribution in [3.05, 3.63) is 95.9 Å². The Kier molecular flexibility index (Phi) is 7.72. The molecule has 0 spiro atoms. The Morgan fingerprint density at radius 3 is 2.23 bits per heavy atom. The van der Waals surface area contributed by atoms with Crippen molar-refractivity contribution in [1.29, 1.82) is 0 Å². The number of carbonyl (C=O) groups excluding carboxylic acids is 1. The number of hydrogen-bond acceptors (Lipinski definition) is 7. The van der Waals surface area contributed by atoms with E-state index >= 15 is 0 Å². The zero-order valence-corrected chi connectivity index (χ0v) is 23.2. The van der Waals surface area contributed by atoms with Gasteiger partial charge in [-0.15, -0.1) is 0 Å². The van der Waals surface area contributed by atoms with Gasteiger partial charge in [0.1, 0.15) is 6.04 Å². The van der Waals surface area contributed by atoms with Crippen molar-refractivity contribution in [2.45, 2.75) is 18.6 Å². The summed E-state index contributed by atoms with van der Waals surface area (Å²) < 4.78 is 52.3. The molecule has 0 bridgehead atoms. The lowest BCUT2D eigenvalue weighted by Crippen LogP contribution is -2.53. The molecule has 0 aliphatic carbocycles. The van der Waals surface area contributed by atoms with Crippen LogP contribution in [0.25, 0.3) is 5.69 Å². The smallest absolute Gasteiger partial charge is 0.245 e. The lowest BCUT2D eigenvalue weighted by molar-refractivity contribution is -0.139. The highest BCUT2D eigenvalue weighted by Gasteiger charge is 2.38. The summed E-state index contributed by atoms with van der Waals surface area (Å²) >= 11 is 0. The van der Waals surface area contributed by atoms with Crippen molar-refractivity contribution in [3.8, 4) is 5.69 Å². The molecule has 5 rings (SSSR count). The molecule has 1 saturated heterocycles. The first kappa shape index (κ1) is 27.3. The van der Waals surface area contributed by atoms with Crippen molar-refractivity contribution in [2.75, 3.05) is 38.2 Å². The molecule has 1 fully saturated rings. The molecule has 2 atom stereocenters. The molecule has 0 saturated carbocycles. The van der Waals surface area contributed by atoms with Gasteiger partial charge in [0.2, 0.25) is 15.9 Å². The summed E-state index contributed by atoms with van der Waals surface area (Å²) in [4.78, 5) is 22.1. The largest absolute Gasteiger partial charge is 0.329 e. The van der Waals surface area contributed by atoms with Crippen molar-refractivity contribution in [3.63, 3.8) is 0 Å². The summed E-state index contributed by atoms with van der Waals surface area (Å²) in [5, 5.41) is 1.18. The quantitative estimate of drug-likeness (QED) is 0.407. The first-order chi connectivity index (χ1) is 18.6. The summed E-state index contributed by atoms with van der Waals surface area (Å²) in [5.74, 6) is -0.412. The summed E-state index contributed by atoms with van der Waals surface area (Å²) in [7, 11) is -6.76. The molecule has 2 aromatic heterocycles. The van der Waals surface area contributed by atoms with E-state index in [4.69, 9.17) is 0 Å². The van der Waals surface area contributed by atoms with Crippen molar-refractivity contribution >= 4 is 25.8 Å². The minimum absolute atomic E-state index is 0.176. The van der Waals surface area contributed by atoms with Gasteiger partial charge in [-0.3, -0.25) is 14.7 Å². The van der Waals surface area contributed by atoms with Crippen LogP contribution in [-0.2, 0) is 31.2 Å². The van der Waals surface area contributed by atoms with E-state index in [1.54, 1.807) is 35.5 Å². The number of rotatable bonds is 8. The normalized spacial score (nSPS) is 20.6. The third kappa shape index (κ3) is 6.30. The number of hydrogen-bond donors (Lipinski definition) is 0. The fourth-order valence-corrected chi connectivity index (χ4v) is 7.22. The highest BCUT2D eigenvalue weighted by molar-refractivity contribution is 7.94. The van der Waals surface area contributed by atoms with E-state index in [0.29, 0.717) is 13.1 Å². The van der Waals surface area contributed by atoms with Gasteiger partial charge in [0.05, 0.1) is 18.1 Å². The molecule has 1 aromatic carbocycles. The molecule has 12 heteroatoms. The Labute approximate surface area is 229 Å². The number of benzene rings is 1. The Morgan fingerprint density at radius 2 is 1.67 bits per heavy atom. The average Bonchev–Trinajstić information content (AvgIpc) is 3.58. The maximum atomic E-state index is 14.4.